The van der Waals surface area contributed by atoms with Gasteiger partial charge in [-0.05, 0) is 24.1 Å². The van der Waals surface area contributed by atoms with E-state index >= 15 is 0 Å². The third kappa shape index (κ3) is 4.08. The normalized spacial score (nSPS) is 10.2. The Labute approximate surface area is 96.1 Å². The first-order valence-corrected chi connectivity index (χ1v) is 5.17. The molecular formula is C12H18O4. The van der Waals surface area contributed by atoms with Gasteiger partial charge in [-0.1, -0.05) is 6.92 Å². The molecule has 0 amide bonds. The van der Waals surface area contributed by atoms with Crippen LogP contribution < -0.4 is 9.47 Å². The minimum absolute atomic E-state index is 0.233. The third-order valence-corrected chi connectivity index (χ3v) is 2.03. The van der Waals surface area contributed by atoms with Crippen molar-refractivity contribution in [2.24, 2.45) is 0 Å². The van der Waals surface area contributed by atoms with Gasteiger partial charge in [0.25, 0.3) is 0 Å². The van der Waals surface area contributed by atoms with Crippen LogP contribution in [0.15, 0.2) is 18.2 Å². The lowest BCUT2D eigenvalue weighted by Crippen LogP contribution is -2.02. The molecule has 0 radical (unpaired) electrons. The molecule has 1 aromatic rings. The molecule has 0 unspecified atom stereocenters. The minimum atomic E-state index is 0.233. The highest BCUT2D eigenvalue weighted by atomic mass is 16.7. The number of ether oxygens (including phenoxy) is 4. The molecular weight excluding hydrogens is 208 g/mol. The van der Waals surface area contributed by atoms with Gasteiger partial charge < -0.3 is 18.9 Å². The lowest BCUT2D eigenvalue weighted by atomic mass is 10.1. The average molecular weight is 226 g/mol. The van der Waals surface area contributed by atoms with Crippen molar-refractivity contribution in [3.63, 3.8) is 0 Å². The Morgan fingerprint density at radius 3 is 1.75 bits per heavy atom. The molecule has 0 heterocycles. The fourth-order valence-electron chi connectivity index (χ4n) is 1.26. The molecule has 90 valence electrons. The highest BCUT2D eigenvalue weighted by Crippen LogP contribution is 2.23. The molecule has 0 aliphatic rings. The second-order valence-electron chi connectivity index (χ2n) is 3.27. The Balaban J connectivity index is 2.74. The molecule has 1 aromatic carbocycles. The summed E-state index contributed by atoms with van der Waals surface area (Å²) in [6.45, 7) is 2.54. The van der Waals surface area contributed by atoms with Gasteiger partial charge in [0.15, 0.2) is 13.6 Å². The molecule has 16 heavy (non-hydrogen) atoms. The van der Waals surface area contributed by atoms with E-state index < -0.39 is 0 Å². The molecule has 0 aliphatic heterocycles. The van der Waals surface area contributed by atoms with E-state index in [1.54, 1.807) is 14.2 Å². The summed E-state index contributed by atoms with van der Waals surface area (Å²) >= 11 is 0. The van der Waals surface area contributed by atoms with E-state index in [2.05, 4.69) is 6.92 Å². The highest BCUT2D eigenvalue weighted by molar-refractivity contribution is 5.38. The van der Waals surface area contributed by atoms with E-state index in [4.69, 9.17) is 18.9 Å². The maximum Gasteiger partial charge on any atom is 0.188 e. The molecule has 0 saturated heterocycles. The predicted octanol–water partition coefficient (Wildman–Crippen LogP) is 2.21. The maximum atomic E-state index is 5.38. The molecule has 0 fully saturated rings. The Kier molecular flexibility index (Phi) is 5.67. The summed E-state index contributed by atoms with van der Waals surface area (Å²) in [6.07, 6.45) is 0.924. The Morgan fingerprint density at radius 2 is 1.38 bits per heavy atom. The topological polar surface area (TPSA) is 36.9 Å². The molecule has 1 rings (SSSR count). The Bertz CT molecular complexity index is 286. The summed E-state index contributed by atoms with van der Waals surface area (Å²) in [5.41, 5.74) is 1.15. The van der Waals surface area contributed by atoms with Crippen molar-refractivity contribution >= 4 is 0 Å². The number of methoxy groups -OCH3 is 2. The first-order chi connectivity index (χ1) is 7.80. The van der Waals surface area contributed by atoms with Crippen LogP contribution in [0.2, 0.25) is 0 Å². The van der Waals surface area contributed by atoms with Crippen molar-refractivity contribution < 1.29 is 18.9 Å². The molecule has 4 nitrogen and oxygen atoms in total. The smallest absolute Gasteiger partial charge is 0.188 e. The molecule has 0 aromatic heterocycles. The van der Waals surface area contributed by atoms with E-state index in [-0.39, 0.29) is 13.6 Å². The quantitative estimate of drug-likeness (QED) is 0.668. The second kappa shape index (κ2) is 7.09. The van der Waals surface area contributed by atoms with Crippen LogP contribution in [0.4, 0.5) is 0 Å². The number of aryl methyl sites for hydroxylation is 1. The number of hydrogen-bond acceptors (Lipinski definition) is 4. The van der Waals surface area contributed by atoms with Crippen molar-refractivity contribution in [2.45, 2.75) is 13.3 Å². The largest absolute Gasteiger partial charge is 0.467 e. The average Bonchev–Trinajstić information content (AvgIpc) is 2.33. The molecule has 0 aliphatic carbocycles. The van der Waals surface area contributed by atoms with Crippen LogP contribution in [0, 0.1) is 0 Å². The minimum Gasteiger partial charge on any atom is -0.467 e. The molecule has 0 bridgehead atoms. The van der Waals surface area contributed by atoms with Crippen LogP contribution in [0.1, 0.15) is 12.5 Å². The molecule has 4 heteroatoms. The standard InChI is InChI=1S/C12H18O4/c1-4-10-5-11(15-8-13-2)7-12(6-10)16-9-14-3/h5-7H,4,8-9H2,1-3H3. The second-order valence-corrected chi connectivity index (χ2v) is 3.27. The summed E-state index contributed by atoms with van der Waals surface area (Å²) in [5.74, 6) is 1.49. The van der Waals surface area contributed by atoms with Gasteiger partial charge in [0.05, 0.1) is 0 Å². The summed E-state index contributed by atoms with van der Waals surface area (Å²) in [6, 6.07) is 5.76. The summed E-state index contributed by atoms with van der Waals surface area (Å²) in [4.78, 5) is 0. The van der Waals surface area contributed by atoms with Crippen molar-refractivity contribution in [3.8, 4) is 11.5 Å². The fraction of sp³-hybridized carbons (Fsp3) is 0.500. The summed E-state index contributed by atoms with van der Waals surface area (Å²) in [5, 5.41) is 0. The highest BCUT2D eigenvalue weighted by Gasteiger charge is 2.02. The zero-order valence-electron chi connectivity index (χ0n) is 9.99. The van der Waals surface area contributed by atoms with Gasteiger partial charge in [0.2, 0.25) is 0 Å². The van der Waals surface area contributed by atoms with Crippen molar-refractivity contribution in [1.82, 2.24) is 0 Å². The number of benzene rings is 1. The first kappa shape index (κ1) is 12.8. The van der Waals surface area contributed by atoms with E-state index in [9.17, 15) is 0 Å². The number of hydrogen-bond donors (Lipinski definition) is 0. The van der Waals surface area contributed by atoms with Crippen LogP contribution >= 0.6 is 0 Å². The first-order valence-electron chi connectivity index (χ1n) is 5.17. The van der Waals surface area contributed by atoms with Gasteiger partial charge in [-0.15, -0.1) is 0 Å². The van der Waals surface area contributed by atoms with E-state index in [1.165, 1.54) is 0 Å². The van der Waals surface area contributed by atoms with Crippen LogP contribution in [0.5, 0.6) is 11.5 Å². The zero-order valence-corrected chi connectivity index (χ0v) is 9.99. The molecule has 0 spiro atoms. The third-order valence-electron chi connectivity index (χ3n) is 2.03. The van der Waals surface area contributed by atoms with Crippen LogP contribution in [-0.4, -0.2) is 27.8 Å². The zero-order chi connectivity index (χ0) is 11.8. The summed E-state index contributed by atoms with van der Waals surface area (Å²) in [7, 11) is 3.18. The van der Waals surface area contributed by atoms with Crippen molar-refractivity contribution in [1.29, 1.82) is 0 Å². The molecule has 0 saturated carbocycles. The maximum absolute atomic E-state index is 5.38. The van der Waals surface area contributed by atoms with Gasteiger partial charge in [-0.3, -0.25) is 0 Å². The van der Waals surface area contributed by atoms with Gasteiger partial charge in [0.1, 0.15) is 11.5 Å². The predicted molar refractivity (Wildman–Crippen MR) is 60.8 cm³/mol. The van der Waals surface area contributed by atoms with E-state index in [1.807, 2.05) is 18.2 Å². The lowest BCUT2D eigenvalue weighted by Gasteiger charge is -2.10. The SMILES string of the molecule is CCc1cc(OCOC)cc(OCOC)c1. The fourth-order valence-corrected chi connectivity index (χ4v) is 1.26. The van der Waals surface area contributed by atoms with E-state index in [0.717, 1.165) is 23.5 Å². The van der Waals surface area contributed by atoms with Crippen LogP contribution in [-0.2, 0) is 15.9 Å². The van der Waals surface area contributed by atoms with Gasteiger partial charge in [-0.25, -0.2) is 0 Å². The Hall–Kier alpha value is -1.26. The lowest BCUT2D eigenvalue weighted by molar-refractivity contribution is 0.0459. The molecule has 0 N–H and O–H groups in total. The van der Waals surface area contributed by atoms with Crippen molar-refractivity contribution in [3.05, 3.63) is 23.8 Å². The molecule has 0 atom stereocenters. The van der Waals surface area contributed by atoms with E-state index in [0.29, 0.717) is 0 Å². The summed E-state index contributed by atoms with van der Waals surface area (Å²) < 4.78 is 20.5. The monoisotopic (exact) mass is 226 g/mol. The van der Waals surface area contributed by atoms with Crippen molar-refractivity contribution in [2.75, 3.05) is 27.8 Å². The van der Waals surface area contributed by atoms with Gasteiger partial charge in [-0.2, -0.15) is 0 Å². The van der Waals surface area contributed by atoms with Crippen LogP contribution in [0.25, 0.3) is 0 Å². The van der Waals surface area contributed by atoms with Crippen LogP contribution in [0.3, 0.4) is 0 Å². The van der Waals surface area contributed by atoms with Gasteiger partial charge >= 0.3 is 0 Å². The Morgan fingerprint density at radius 1 is 0.875 bits per heavy atom. The number of rotatable bonds is 7. The van der Waals surface area contributed by atoms with Gasteiger partial charge in [0, 0.05) is 20.3 Å².